The zero-order valence-corrected chi connectivity index (χ0v) is 11.5. The number of rotatable bonds is 3. The molecule has 0 aromatic heterocycles. The third-order valence-electron chi connectivity index (χ3n) is 2.67. The van der Waals surface area contributed by atoms with E-state index < -0.39 is 9.84 Å². The fourth-order valence-electron chi connectivity index (χ4n) is 1.83. The molecule has 0 amide bonds. The Morgan fingerprint density at radius 3 is 2.33 bits per heavy atom. The first-order valence-electron chi connectivity index (χ1n) is 5.52. The predicted molar refractivity (Wildman–Crippen MR) is 73.5 cm³/mol. The standard InChI is InChI=1S/C14H13ClO2S/c1-11-9-13(15)7-8-14(11)18(16,17)10-12-5-3-2-4-6-12/h2-9H,10H2,1H3. The van der Waals surface area contributed by atoms with Crippen LogP contribution in [-0.2, 0) is 15.6 Å². The highest BCUT2D eigenvalue weighted by Crippen LogP contribution is 2.23. The molecule has 0 spiro atoms. The minimum atomic E-state index is -3.32. The van der Waals surface area contributed by atoms with Gasteiger partial charge < -0.3 is 0 Å². The second-order valence-electron chi connectivity index (χ2n) is 4.15. The number of hydrogen-bond donors (Lipinski definition) is 0. The van der Waals surface area contributed by atoms with Gasteiger partial charge in [0.1, 0.15) is 0 Å². The van der Waals surface area contributed by atoms with Gasteiger partial charge in [-0.25, -0.2) is 8.42 Å². The van der Waals surface area contributed by atoms with Crippen molar-refractivity contribution in [3.05, 3.63) is 64.7 Å². The van der Waals surface area contributed by atoms with Crippen LogP contribution >= 0.6 is 11.6 Å². The number of sulfone groups is 1. The molecule has 2 aromatic rings. The summed E-state index contributed by atoms with van der Waals surface area (Å²) in [6.07, 6.45) is 0. The SMILES string of the molecule is Cc1cc(Cl)ccc1S(=O)(=O)Cc1ccccc1. The van der Waals surface area contributed by atoms with Gasteiger partial charge >= 0.3 is 0 Å². The van der Waals surface area contributed by atoms with Gasteiger partial charge in [-0.1, -0.05) is 41.9 Å². The van der Waals surface area contributed by atoms with Gasteiger partial charge in [-0.3, -0.25) is 0 Å². The third-order valence-corrected chi connectivity index (χ3v) is 4.75. The van der Waals surface area contributed by atoms with Crippen molar-refractivity contribution in [2.75, 3.05) is 0 Å². The van der Waals surface area contributed by atoms with Gasteiger partial charge in [-0.2, -0.15) is 0 Å². The molecule has 2 aromatic carbocycles. The minimum absolute atomic E-state index is 0.0102. The van der Waals surface area contributed by atoms with Crippen molar-refractivity contribution >= 4 is 21.4 Å². The second-order valence-corrected chi connectivity index (χ2v) is 6.55. The van der Waals surface area contributed by atoms with Crippen molar-refractivity contribution in [3.8, 4) is 0 Å². The molecule has 94 valence electrons. The molecule has 0 fully saturated rings. The van der Waals surface area contributed by atoms with E-state index in [9.17, 15) is 8.42 Å². The van der Waals surface area contributed by atoms with Crippen molar-refractivity contribution in [2.45, 2.75) is 17.6 Å². The summed E-state index contributed by atoms with van der Waals surface area (Å²) in [5.41, 5.74) is 1.46. The van der Waals surface area contributed by atoms with E-state index in [2.05, 4.69) is 0 Å². The van der Waals surface area contributed by atoms with Crippen LogP contribution in [0.2, 0.25) is 5.02 Å². The van der Waals surface area contributed by atoms with Crippen LogP contribution in [0.4, 0.5) is 0 Å². The Hall–Kier alpha value is -1.32. The second kappa shape index (κ2) is 5.12. The maximum absolute atomic E-state index is 12.3. The van der Waals surface area contributed by atoms with Crippen LogP contribution in [0, 0.1) is 6.92 Å². The van der Waals surface area contributed by atoms with Crippen LogP contribution < -0.4 is 0 Å². The lowest BCUT2D eigenvalue weighted by Gasteiger charge is -2.08. The molecule has 2 nitrogen and oxygen atoms in total. The van der Waals surface area contributed by atoms with Crippen molar-refractivity contribution in [3.63, 3.8) is 0 Å². The lowest BCUT2D eigenvalue weighted by atomic mass is 10.2. The summed E-state index contributed by atoms with van der Waals surface area (Å²) in [7, 11) is -3.32. The summed E-state index contributed by atoms with van der Waals surface area (Å²) < 4.78 is 24.6. The van der Waals surface area contributed by atoms with E-state index in [1.54, 1.807) is 25.1 Å². The number of aryl methyl sites for hydroxylation is 1. The first kappa shape index (κ1) is 13.1. The van der Waals surface area contributed by atoms with Gasteiger partial charge in [0.2, 0.25) is 0 Å². The number of hydrogen-bond acceptors (Lipinski definition) is 2. The van der Waals surface area contributed by atoms with Gasteiger partial charge in [0.15, 0.2) is 9.84 Å². The first-order valence-corrected chi connectivity index (χ1v) is 7.55. The summed E-state index contributed by atoms with van der Waals surface area (Å²) in [4.78, 5) is 0.343. The largest absolute Gasteiger partial charge is 0.223 e. The third kappa shape index (κ3) is 2.92. The van der Waals surface area contributed by atoms with E-state index >= 15 is 0 Å². The predicted octanol–water partition coefficient (Wildman–Crippen LogP) is 3.62. The average Bonchev–Trinajstić information content (AvgIpc) is 2.29. The van der Waals surface area contributed by atoms with Gasteiger partial charge in [0, 0.05) is 5.02 Å². The average molecular weight is 281 g/mol. The summed E-state index contributed by atoms with van der Waals surface area (Å²) in [6.45, 7) is 1.75. The van der Waals surface area contributed by atoms with Crippen LogP contribution in [-0.4, -0.2) is 8.42 Å². The minimum Gasteiger partial charge on any atom is -0.223 e. The highest BCUT2D eigenvalue weighted by Gasteiger charge is 2.17. The molecule has 0 radical (unpaired) electrons. The molecule has 4 heteroatoms. The molecule has 0 bridgehead atoms. The molecule has 0 aliphatic rings. The number of halogens is 1. The molecular weight excluding hydrogens is 268 g/mol. The van der Waals surface area contributed by atoms with Crippen LogP contribution in [0.15, 0.2) is 53.4 Å². The van der Waals surface area contributed by atoms with Crippen LogP contribution in [0.5, 0.6) is 0 Å². The summed E-state index contributed by atoms with van der Waals surface area (Å²) in [6, 6.07) is 14.0. The zero-order chi connectivity index (χ0) is 13.2. The monoisotopic (exact) mass is 280 g/mol. The normalized spacial score (nSPS) is 11.4. The quantitative estimate of drug-likeness (QED) is 0.860. The van der Waals surface area contributed by atoms with Gasteiger partial charge in [0.25, 0.3) is 0 Å². The Bertz CT molecular complexity index is 649. The molecule has 0 saturated carbocycles. The maximum Gasteiger partial charge on any atom is 0.182 e. The highest BCUT2D eigenvalue weighted by atomic mass is 35.5. The van der Waals surface area contributed by atoms with E-state index in [1.807, 2.05) is 30.3 Å². The fourth-order valence-corrected chi connectivity index (χ4v) is 3.67. The molecule has 0 aliphatic heterocycles. The summed E-state index contributed by atoms with van der Waals surface area (Å²) >= 11 is 5.83. The van der Waals surface area contributed by atoms with Crippen LogP contribution in [0.25, 0.3) is 0 Å². The molecule has 0 atom stereocenters. The molecule has 0 aliphatic carbocycles. The molecule has 18 heavy (non-hydrogen) atoms. The van der Waals surface area contributed by atoms with E-state index in [4.69, 9.17) is 11.6 Å². The van der Waals surface area contributed by atoms with Crippen molar-refractivity contribution < 1.29 is 8.42 Å². The van der Waals surface area contributed by atoms with E-state index in [0.717, 1.165) is 5.56 Å². The lowest BCUT2D eigenvalue weighted by Crippen LogP contribution is -2.06. The first-order chi connectivity index (χ1) is 8.49. The molecule has 0 N–H and O–H groups in total. The molecule has 0 heterocycles. The van der Waals surface area contributed by atoms with Gasteiger partial charge in [0.05, 0.1) is 10.6 Å². The van der Waals surface area contributed by atoms with Gasteiger partial charge in [-0.15, -0.1) is 0 Å². The molecule has 0 saturated heterocycles. The van der Waals surface area contributed by atoms with Crippen molar-refractivity contribution in [1.29, 1.82) is 0 Å². The molecular formula is C14H13ClO2S. The van der Waals surface area contributed by atoms with E-state index in [1.165, 1.54) is 0 Å². The Labute approximate surface area is 112 Å². The number of benzene rings is 2. The Morgan fingerprint density at radius 2 is 1.72 bits per heavy atom. The zero-order valence-electron chi connectivity index (χ0n) is 9.93. The topological polar surface area (TPSA) is 34.1 Å². The smallest absolute Gasteiger partial charge is 0.182 e. The Balaban J connectivity index is 2.37. The fraction of sp³-hybridized carbons (Fsp3) is 0.143. The summed E-state index contributed by atoms with van der Waals surface area (Å²) in [5, 5.41) is 0.547. The summed E-state index contributed by atoms with van der Waals surface area (Å²) in [5.74, 6) is 0.0102. The molecule has 0 unspecified atom stereocenters. The van der Waals surface area contributed by atoms with E-state index in [-0.39, 0.29) is 5.75 Å². The molecule has 2 rings (SSSR count). The Morgan fingerprint density at radius 1 is 1.06 bits per heavy atom. The van der Waals surface area contributed by atoms with Crippen molar-refractivity contribution in [1.82, 2.24) is 0 Å². The highest BCUT2D eigenvalue weighted by molar-refractivity contribution is 7.90. The van der Waals surface area contributed by atoms with Crippen molar-refractivity contribution in [2.24, 2.45) is 0 Å². The Kier molecular flexibility index (Phi) is 3.73. The van der Waals surface area contributed by atoms with E-state index in [0.29, 0.717) is 15.5 Å². The lowest BCUT2D eigenvalue weighted by molar-refractivity contribution is 0.594. The maximum atomic E-state index is 12.3. The van der Waals surface area contributed by atoms with Crippen LogP contribution in [0.3, 0.4) is 0 Å². The van der Waals surface area contributed by atoms with Crippen LogP contribution in [0.1, 0.15) is 11.1 Å². The van der Waals surface area contributed by atoms with Gasteiger partial charge in [-0.05, 0) is 36.2 Å².